The molecule has 1 aliphatic heterocycles. The molecule has 170 valence electrons. The first-order valence-electron chi connectivity index (χ1n) is 10.6. The molecule has 32 heavy (non-hydrogen) atoms. The highest BCUT2D eigenvalue weighted by Gasteiger charge is 2.26. The third kappa shape index (κ3) is 5.27. The number of esters is 1. The van der Waals surface area contributed by atoms with Gasteiger partial charge in [0.2, 0.25) is 0 Å². The lowest BCUT2D eigenvalue weighted by Crippen LogP contribution is -2.23. The van der Waals surface area contributed by atoms with E-state index < -0.39 is 0 Å². The minimum absolute atomic E-state index is 0.137. The lowest BCUT2D eigenvalue weighted by atomic mass is 10.00. The molecule has 0 saturated heterocycles. The van der Waals surface area contributed by atoms with Crippen molar-refractivity contribution in [3.05, 3.63) is 62.5 Å². The highest BCUT2D eigenvalue weighted by atomic mass is 35.5. The van der Waals surface area contributed by atoms with Crippen LogP contribution in [0.2, 0.25) is 5.02 Å². The molecule has 1 aliphatic rings. The molecule has 0 spiro atoms. The Morgan fingerprint density at radius 3 is 2.38 bits per heavy atom. The minimum atomic E-state index is -0.326. The van der Waals surface area contributed by atoms with Gasteiger partial charge in [-0.25, -0.2) is 0 Å². The van der Waals surface area contributed by atoms with Crippen LogP contribution in [-0.2, 0) is 16.1 Å². The summed E-state index contributed by atoms with van der Waals surface area (Å²) >= 11 is 7.80. The standard InChI is InChI=1S/C17H15ClN4S.C7H14O2/c1-9-10(2)23-17-15(9)16(12-4-6-13(18)7-5-12)19-8-14-21-20-11(3)22(14)17;1-5-6(8)9-7(2,3)4/h4-7H,8H2,1-3H3;5H2,1-4H3. The van der Waals surface area contributed by atoms with Gasteiger partial charge in [-0.3, -0.25) is 14.4 Å². The van der Waals surface area contributed by atoms with Crippen LogP contribution in [0.25, 0.3) is 5.00 Å². The molecule has 8 heteroatoms. The van der Waals surface area contributed by atoms with Crippen LogP contribution in [0.4, 0.5) is 0 Å². The van der Waals surface area contributed by atoms with Gasteiger partial charge in [0.05, 0.1) is 5.71 Å². The Balaban J connectivity index is 0.000000275. The predicted molar refractivity (Wildman–Crippen MR) is 130 cm³/mol. The monoisotopic (exact) mass is 472 g/mol. The fourth-order valence-corrected chi connectivity index (χ4v) is 4.66. The SMILES string of the molecule is CCC(=O)OC(C)(C)C.Cc1sc2c(c1C)C(c1ccc(Cl)cc1)=NCc1nnc(C)n1-2. The van der Waals surface area contributed by atoms with E-state index in [1.807, 2.05) is 52.0 Å². The van der Waals surface area contributed by atoms with Gasteiger partial charge in [-0.05, 0) is 59.2 Å². The second-order valence-electron chi connectivity index (χ2n) is 8.57. The smallest absolute Gasteiger partial charge is 0.306 e. The van der Waals surface area contributed by atoms with E-state index in [4.69, 9.17) is 21.3 Å². The number of halogens is 1. The summed E-state index contributed by atoms with van der Waals surface area (Å²) < 4.78 is 7.08. The number of nitrogens with zero attached hydrogens (tertiary/aromatic N) is 4. The first-order valence-corrected chi connectivity index (χ1v) is 11.7. The van der Waals surface area contributed by atoms with Crippen LogP contribution >= 0.6 is 22.9 Å². The van der Waals surface area contributed by atoms with E-state index in [0.29, 0.717) is 13.0 Å². The maximum atomic E-state index is 10.6. The van der Waals surface area contributed by atoms with Gasteiger partial charge in [0.15, 0.2) is 5.82 Å². The van der Waals surface area contributed by atoms with Gasteiger partial charge in [0.25, 0.3) is 0 Å². The largest absolute Gasteiger partial charge is 0.460 e. The fourth-order valence-electron chi connectivity index (χ4n) is 3.30. The van der Waals surface area contributed by atoms with Crippen LogP contribution in [-0.4, -0.2) is 32.0 Å². The average Bonchev–Trinajstić information content (AvgIpc) is 3.16. The van der Waals surface area contributed by atoms with Gasteiger partial charge < -0.3 is 4.74 Å². The molecule has 0 atom stereocenters. The molecule has 0 aliphatic carbocycles. The second-order valence-corrected chi connectivity index (χ2v) is 10.2. The molecule has 3 aromatic rings. The maximum absolute atomic E-state index is 10.6. The summed E-state index contributed by atoms with van der Waals surface area (Å²) in [6, 6.07) is 7.86. The summed E-state index contributed by atoms with van der Waals surface area (Å²) in [4.78, 5) is 16.7. The van der Waals surface area contributed by atoms with E-state index in [-0.39, 0.29) is 11.6 Å². The van der Waals surface area contributed by atoms with Crippen molar-refractivity contribution in [2.24, 2.45) is 4.99 Å². The van der Waals surface area contributed by atoms with Crippen LogP contribution in [0.1, 0.15) is 67.3 Å². The number of benzene rings is 1. The Morgan fingerprint density at radius 2 is 1.81 bits per heavy atom. The normalized spacial score (nSPS) is 12.7. The van der Waals surface area contributed by atoms with Crippen LogP contribution < -0.4 is 0 Å². The summed E-state index contributed by atoms with van der Waals surface area (Å²) in [6.45, 7) is 14.2. The van der Waals surface area contributed by atoms with Crippen molar-refractivity contribution in [1.29, 1.82) is 0 Å². The van der Waals surface area contributed by atoms with E-state index in [2.05, 4.69) is 28.6 Å². The molecular weight excluding hydrogens is 444 g/mol. The summed E-state index contributed by atoms with van der Waals surface area (Å²) in [5.74, 6) is 1.64. The third-order valence-electron chi connectivity index (χ3n) is 4.90. The van der Waals surface area contributed by atoms with Gasteiger partial charge in [0, 0.05) is 27.4 Å². The van der Waals surface area contributed by atoms with Gasteiger partial charge in [0.1, 0.15) is 23.0 Å². The fraction of sp³-hybridized carbons (Fsp3) is 0.417. The van der Waals surface area contributed by atoms with Crippen molar-refractivity contribution in [3.63, 3.8) is 0 Å². The molecular formula is C24H29ClN4O2S. The number of aliphatic imine (C=N–C) groups is 1. The Labute approximate surface area is 198 Å². The number of rotatable bonds is 2. The number of aromatic nitrogens is 3. The van der Waals surface area contributed by atoms with Gasteiger partial charge >= 0.3 is 5.97 Å². The van der Waals surface area contributed by atoms with Gasteiger partial charge in [-0.2, -0.15) is 0 Å². The number of carbonyl (C=O) groups excluding carboxylic acids is 1. The van der Waals surface area contributed by atoms with Crippen LogP contribution in [0.15, 0.2) is 29.3 Å². The van der Waals surface area contributed by atoms with Crippen LogP contribution in [0, 0.1) is 20.8 Å². The second kappa shape index (κ2) is 9.55. The molecule has 0 unspecified atom stereocenters. The van der Waals surface area contributed by atoms with Crippen molar-refractivity contribution >= 4 is 34.6 Å². The van der Waals surface area contributed by atoms with E-state index in [9.17, 15) is 4.79 Å². The molecule has 2 aromatic heterocycles. The van der Waals surface area contributed by atoms with Crippen molar-refractivity contribution in [2.75, 3.05) is 0 Å². The average molecular weight is 473 g/mol. The van der Waals surface area contributed by atoms with Gasteiger partial charge in [-0.15, -0.1) is 21.5 Å². The highest BCUT2D eigenvalue weighted by molar-refractivity contribution is 7.15. The molecule has 0 bridgehead atoms. The van der Waals surface area contributed by atoms with E-state index in [0.717, 1.165) is 32.9 Å². The molecule has 0 N–H and O–H groups in total. The number of carbonyl (C=O) groups is 1. The Hall–Kier alpha value is -2.51. The quantitative estimate of drug-likeness (QED) is 0.429. The number of aryl methyl sites for hydroxylation is 2. The van der Waals surface area contributed by atoms with Crippen LogP contribution in [0.3, 0.4) is 0 Å². The first-order chi connectivity index (χ1) is 15.0. The summed E-state index contributed by atoms with van der Waals surface area (Å²) in [5.41, 5.74) is 4.19. The molecule has 0 saturated carbocycles. The number of hydrogen-bond donors (Lipinski definition) is 0. The Morgan fingerprint density at radius 1 is 1.16 bits per heavy atom. The van der Waals surface area contributed by atoms with E-state index >= 15 is 0 Å². The van der Waals surface area contributed by atoms with E-state index in [1.54, 1.807) is 18.3 Å². The third-order valence-corrected chi connectivity index (χ3v) is 6.35. The van der Waals surface area contributed by atoms with Crippen molar-refractivity contribution in [2.45, 2.75) is 67.0 Å². The zero-order valence-corrected chi connectivity index (χ0v) is 21.2. The molecule has 0 fully saturated rings. The van der Waals surface area contributed by atoms with Crippen LogP contribution in [0.5, 0.6) is 0 Å². The number of hydrogen-bond acceptors (Lipinski definition) is 6. The predicted octanol–water partition coefficient (Wildman–Crippen LogP) is 6.00. The topological polar surface area (TPSA) is 69.4 Å². The maximum Gasteiger partial charge on any atom is 0.306 e. The van der Waals surface area contributed by atoms with Crippen molar-refractivity contribution in [3.8, 4) is 5.00 Å². The first kappa shape index (κ1) is 24.1. The zero-order valence-electron chi connectivity index (χ0n) is 19.6. The molecule has 3 heterocycles. The summed E-state index contributed by atoms with van der Waals surface area (Å²) in [5, 5.41) is 10.4. The minimum Gasteiger partial charge on any atom is -0.460 e. The highest BCUT2D eigenvalue weighted by Crippen LogP contribution is 2.36. The zero-order chi connectivity index (χ0) is 23.6. The van der Waals surface area contributed by atoms with Crippen molar-refractivity contribution in [1.82, 2.24) is 14.8 Å². The molecule has 4 rings (SSSR count). The Bertz CT molecular complexity index is 1150. The molecule has 6 nitrogen and oxygen atoms in total. The lowest BCUT2D eigenvalue weighted by molar-refractivity contribution is -0.154. The molecule has 0 radical (unpaired) electrons. The van der Waals surface area contributed by atoms with E-state index in [1.165, 1.54) is 16.0 Å². The summed E-state index contributed by atoms with van der Waals surface area (Å²) in [6.07, 6.45) is 0.456. The number of thiophene rings is 1. The Kier molecular flexibility index (Phi) is 7.20. The van der Waals surface area contributed by atoms with Gasteiger partial charge in [-0.1, -0.05) is 30.7 Å². The molecule has 1 aromatic carbocycles. The lowest BCUT2D eigenvalue weighted by Gasteiger charge is -2.18. The van der Waals surface area contributed by atoms with Crippen molar-refractivity contribution < 1.29 is 9.53 Å². The number of ether oxygens (including phenoxy) is 1. The summed E-state index contributed by atoms with van der Waals surface area (Å²) in [7, 11) is 0. The molecule has 0 amide bonds. The number of fused-ring (bicyclic) bond motifs is 3.